The van der Waals surface area contributed by atoms with Crippen LogP contribution in [0.1, 0.15) is 33.1 Å². The van der Waals surface area contributed by atoms with E-state index >= 15 is 0 Å². The van der Waals surface area contributed by atoms with Crippen molar-refractivity contribution in [1.82, 2.24) is 5.32 Å². The molecular weight excluding hydrogens is 192 g/mol. The molecule has 2 fully saturated rings. The molecule has 0 aromatic carbocycles. The summed E-state index contributed by atoms with van der Waals surface area (Å²) in [5, 5.41) is 3.04. The van der Waals surface area contributed by atoms with Crippen molar-refractivity contribution < 1.29 is 9.53 Å². The lowest BCUT2D eigenvalue weighted by atomic mass is 9.63. The van der Waals surface area contributed by atoms with Crippen LogP contribution < -0.4 is 11.1 Å². The molecule has 0 spiro atoms. The van der Waals surface area contributed by atoms with E-state index in [2.05, 4.69) is 19.2 Å². The molecule has 1 heterocycles. The number of ether oxygens (including phenoxy) is 1. The molecule has 3 unspecified atom stereocenters. The zero-order valence-electron chi connectivity index (χ0n) is 9.45. The molecule has 86 valence electrons. The first-order valence-corrected chi connectivity index (χ1v) is 5.69. The van der Waals surface area contributed by atoms with Crippen molar-refractivity contribution in [3.8, 4) is 0 Å². The third-order valence-electron chi connectivity index (χ3n) is 3.88. The number of amides is 1. The maximum Gasteiger partial charge on any atom is 0.249 e. The molecule has 4 nitrogen and oxygen atoms in total. The molecule has 1 aliphatic heterocycles. The lowest BCUT2D eigenvalue weighted by Crippen LogP contribution is -2.65. The number of hydrogen-bond donors (Lipinski definition) is 2. The zero-order chi connectivity index (χ0) is 11.1. The van der Waals surface area contributed by atoms with Gasteiger partial charge in [0.05, 0.1) is 0 Å². The van der Waals surface area contributed by atoms with Crippen molar-refractivity contribution in [2.75, 3.05) is 6.61 Å². The van der Waals surface area contributed by atoms with Gasteiger partial charge in [0, 0.05) is 24.1 Å². The Kier molecular flexibility index (Phi) is 2.73. The second-order valence-electron chi connectivity index (χ2n) is 5.23. The van der Waals surface area contributed by atoms with Crippen molar-refractivity contribution in [1.29, 1.82) is 0 Å². The van der Waals surface area contributed by atoms with Crippen molar-refractivity contribution in [3.63, 3.8) is 0 Å². The molecule has 1 saturated heterocycles. The lowest BCUT2D eigenvalue weighted by Gasteiger charge is -2.50. The predicted octanol–water partition coefficient (Wildman–Crippen LogP) is 0.407. The van der Waals surface area contributed by atoms with Crippen LogP contribution in [0.25, 0.3) is 0 Å². The highest BCUT2D eigenvalue weighted by molar-refractivity contribution is 5.81. The average molecular weight is 212 g/mol. The fourth-order valence-corrected chi connectivity index (χ4v) is 2.25. The summed E-state index contributed by atoms with van der Waals surface area (Å²) in [6, 6.07) is 0.413. The molecule has 3 atom stereocenters. The van der Waals surface area contributed by atoms with Crippen molar-refractivity contribution in [2.45, 2.75) is 51.3 Å². The van der Waals surface area contributed by atoms with Gasteiger partial charge in [0.1, 0.15) is 6.10 Å². The first kappa shape index (κ1) is 10.9. The summed E-state index contributed by atoms with van der Waals surface area (Å²) in [5.41, 5.74) is 5.92. The summed E-state index contributed by atoms with van der Waals surface area (Å²) in [5.74, 6) is 0.0393. The molecular formula is C11H20N2O2. The molecule has 0 bridgehead atoms. The fraction of sp³-hybridized carbons (Fsp3) is 0.909. The second-order valence-corrected chi connectivity index (χ2v) is 5.23. The Hall–Kier alpha value is -0.610. The molecule has 1 aliphatic carbocycles. The van der Waals surface area contributed by atoms with Gasteiger partial charge < -0.3 is 15.8 Å². The van der Waals surface area contributed by atoms with E-state index in [-0.39, 0.29) is 29.5 Å². The van der Waals surface area contributed by atoms with Crippen LogP contribution in [-0.4, -0.2) is 30.7 Å². The molecule has 4 heteroatoms. The van der Waals surface area contributed by atoms with Crippen molar-refractivity contribution in [3.05, 3.63) is 0 Å². The number of carbonyl (C=O) groups excluding carboxylic acids is 1. The van der Waals surface area contributed by atoms with Crippen LogP contribution in [-0.2, 0) is 9.53 Å². The molecule has 2 aliphatic rings. The topological polar surface area (TPSA) is 64.3 Å². The summed E-state index contributed by atoms with van der Waals surface area (Å²) in [7, 11) is 0. The van der Waals surface area contributed by atoms with Crippen LogP contribution in [0.3, 0.4) is 0 Å². The Morgan fingerprint density at radius 3 is 2.73 bits per heavy atom. The Bertz CT molecular complexity index is 259. The highest BCUT2D eigenvalue weighted by Gasteiger charge is 2.47. The Morgan fingerprint density at radius 1 is 1.53 bits per heavy atom. The van der Waals surface area contributed by atoms with Crippen molar-refractivity contribution >= 4 is 5.91 Å². The largest absolute Gasteiger partial charge is 0.368 e. The number of carbonyl (C=O) groups is 1. The van der Waals surface area contributed by atoms with Gasteiger partial charge in [0.15, 0.2) is 0 Å². The molecule has 0 aromatic heterocycles. The number of rotatable bonds is 2. The normalized spacial score (nSPS) is 38.5. The van der Waals surface area contributed by atoms with E-state index in [0.29, 0.717) is 6.61 Å². The van der Waals surface area contributed by atoms with E-state index in [4.69, 9.17) is 10.5 Å². The minimum atomic E-state index is -0.224. The van der Waals surface area contributed by atoms with E-state index in [1.165, 1.54) is 0 Å². The van der Waals surface area contributed by atoms with Gasteiger partial charge in [-0.2, -0.15) is 0 Å². The monoisotopic (exact) mass is 212 g/mol. The fourth-order valence-electron chi connectivity index (χ4n) is 2.25. The molecule has 0 aromatic rings. The minimum Gasteiger partial charge on any atom is -0.368 e. The summed E-state index contributed by atoms with van der Waals surface area (Å²) >= 11 is 0. The average Bonchev–Trinajstić information content (AvgIpc) is 2.70. The van der Waals surface area contributed by atoms with Crippen LogP contribution in [0.2, 0.25) is 0 Å². The standard InChI is InChI=1S/C11H20N2O2/c1-11(2)8(12)6-9(11)13-10(14)7-4-3-5-15-7/h7-9H,3-6,12H2,1-2H3,(H,13,14). The van der Waals surface area contributed by atoms with Gasteiger partial charge in [0.25, 0.3) is 0 Å². The van der Waals surface area contributed by atoms with Gasteiger partial charge in [-0.15, -0.1) is 0 Å². The van der Waals surface area contributed by atoms with Gasteiger partial charge >= 0.3 is 0 Å². The maximum atomic E-state index is 11.8. The smallest absolute Gasteiger partial charge is 0.249 e. The van der Waals surface area contributed by atoms with E-state index in [1.807, 2.05) is 0 Å². The second kappa shape index (κ2) is 3.76. The van der Waals surface area contributed by atoms with E-state index in [0.717, 1.165) is 19.3 Å². The highest BCUT2D eigenvalue weighted by Crippen LogP contribution is 2.39. The lowest BCUT2D eigenvalue weighted by molar-refractivity contribution is -0.133. The van der Waals surface area contributed by atoms with E-state index in [1.54, 1.807) is 0 Å². The molecule has 1 amide bonds. The molecule has 2 rings (SSSR count). The van der Waals surface area contributed by atoms with Gasteiger partial charge in [-0.3, -0.25) is 4.79 Å². The molecule has 3 N–H and O–H groups in total. The SMILES string of the molecule is CC1(C)C(N)CC1NC(=O)C1CCCO1. The predicted molar refractivity (Wildman–Crippen MR) is 57.3 cm³/mol. The summed E-state index contributed by atoms with van der Waals surface area (Å²) in [4.78, 5) is 11.8. The Labute approximate surface area is 90.5 Å². The van der Waals surface area contributed by atoms with Gasteiger partial charge in [-0.05, 0) is 19.3 Å². The highest BCUT2D eigenvalue weighted by atomic mass is 16.5. The number of nitrogens with one attached hydrogen (secondary N) is 1. The van der Waals surface area contributed by atoms with Crippen LogP contribution in [0.5, 0.6) is 0 Å². The van der Waals surface area contributed by atoms with Crippen LogP contribution in [0.4, 0.5) is 0 Å². The van der Waals surface area contributed by atoms with Gasteiger partial charge in [-0.1, -0.05) is 13.8 Å². The number of nitrogens with two attached hydrogens (primary N) is 1. The van der Waals surface area contributed by atoms with E-state index in [9.17, 15) is 4.79 Å². The quantitative estimate of drug-likeness (QED) is 0.696. The summed E-state index contributed by atoms with van der Waals surface area (Å²) in [6.07, 6.45) is 2.50. The number of hydrogen-bond acceptors (Lipinski definition) is 3. The third-order valence-corrected chi connectivity index (χ3v) is 3.88. The van der Waals surface area contributed by atoms with E-state index < -0.39 is 0 Å². The Balaban J connectivity index is 1.85. The molecule has 15 heavy (non-hydrogen) atoms. The zero-order valence-corrected chi connectivity index (χ0v) is 9.45. The third kappa shape index (κ3) is 1.88. The Morgan fingerprint density at radius 2 is 2.27 bits per heavy atom. The first-order valence-electron chi connectivity index (χ1n) is 5.69. The summed E-state index contributed by atoms with van der Waals surface area (Å²) < 4.78 is 5.34. The maximum absolute atomic E-state index is 11.8. The molecule has 1 saturated carbocycles. The van der Waals surface area contributed by atoms with Gasteiger partial charge in [-0.25, -0.2) is 0 Å². The van der Waals surface area contributed by atoms with Crippen molar-refractivity contribution in [2.24, 2.45) is 11.1 Å². The molecule has 0 radical (unpaired) electrons. The first-order chi connectivity index (χ1) is 7.01. The van der Waals surface area contributed by atoms with Crippen LogP contribution >= 0.6 is 0 Å². The minimum absolute atomic E-state index is 0.0221. The van der Waals surface area contributed by atoms with Crippen LogP contribution in [0.15, 0.2) is 0 Å². The van der Waals surface area contributed by atoms with Crippen LogP contribution in [0, 0.1) is 5.41 Å². The van der Waals surface area contributed by atoms with Gasteiger partial charge in [0.2, 0.25) is 5.91 Å². The summed E-state index contributed by atoms with van der Waals surface area (Å²) in [6.45, 7) is 4.91.